The Labute approximate surface area is 150 Å². The van der Waals surface area contributed by atoms with Crippen molar-refractivity contribution in [2.24, 2.45) is 0 Å². The van der Waals surface area contributed by atoms with E-state index >= 15 is 0 Å². The number of amides is 1. The molecular weight excluding hydrogens is 428 g/mol. The number of carbonyl (C=O) groups is 1. The fraction of sp³-hybridized carbons (Fsp3) is 0.400. The summed E-state index contributed by atoms with van der Waals surface area (Å²) >= 11 is 6.76. The van der Waals surface area contributed by atoms with E-state index in [0.717, 1.165) is 40.5 Å². The lowest BCUT2D eigenvalue weighted by Crippen LogP contribution is -2.30. The number of anilines is 1. The molecule has 0 fully saturated rings. The number of rotatable bonds is 3. The largest absolute Gasteiger partial charge is 0.346 e. The van der Waals surface area contributed by atoms with Crippen molar-refractivity contribution in [2.45, 2.75) is 38.8 Å². The van der Waals surface area contributed by atoms with Gasteiger partial charge in [0.2, 0.25) is 5.91 Å². The predicted molar refractivity (Wildman–Crippen MR) is 94.5 cm³/mol. The maximum absolute atomic E-state index is 12.3. The van der Waals surface area contributed by atoms with Gasteiger partial charge in [0.25, 0.3) is 0 Å². The molecule has 1 aromatic heterocycles. The van der Waals surface area contributed by atoms with Crippen LogP contribution in [-0.2, 0) is 24.3 Å². The van der Waals surface area contributed by atoms with E-state index in [1.807, 2.05) is 12.1 Å². The molecule has 0 atom stereocenters. The molecule has 1 N–H and O–H groups in total. The predicted octanol–water partition coefficient (Wildman–Crippen LogP) is 2.93. The fourth-order valence-electron chi connectivity index (χ4n) is 2.64. The van der Waals surface area contributed by atoms with Gasteiger partial charge in [0.05, 0.1) is 5.69 Å². The van der Waals surface area contributed by atoms with Crippen molar-refractivity contribution >= 4 is 43.5 Å². The summed E-state index contributed by atoms with van der Waals surface area (Å²) in [6.45, 7) is 0.607. The first-order chi connectivity index (χ1) is 11.0. The van der Waals surface area contributed by atoms with E-state index in [1.54, 1.807) is 10.6 Å². The molecule has 122 valence electrons. The third kappa shape index (κ3) is 3.74. The van der Waals surface area contributed by atoms with Gasteiger partial charge in [-0.1, -0.05) is 22.4 Å². The molecule has 2 aromatic rings. The van der Waals surface area contributed by atoms with Gasteiger partial charge in [-0.15, -0.1) is 0 Å². The number of halogens is 2. The molecule has 0 saturated heterocycles. The lowest BCUT2D eigenvalue weighted by Gasteiger charge is -2.07. The Balaban J connectivity index is 1.74. The average molecular weight is 444 g/mol. The zero-order chi connectivity index (χ0) is 16.4. The summed E-state index contributed by atoms with van der Waals surface area (Å²) in [5.41, 5.74) is 0.457. The molecule has 23 heavy (non-hydrogen) atoms. The van der Waals surface area contributed by atoms with Crippen molar-refractivity contribution in [3.05, 3.63) is 43.5 Å². The smallest absolute Gasteiger partial charge is 0.323 e. The molecule has 2 heterocycles. The lowest BCUT2D eigenvalue weighted by atomic mass is 10.2. The van der Waals surface area contributed by atoms with Crippen LogP contribution in [0.25, 0.3) is 0 Å². The summed E-state index contributed by atoms with van der Waals surface area (Å²) < 4.78 is 4.63. The van der Waals surface area contributed by atoms with Crippen LogP contribution in [0.4, 0.5) is 5.69 Å². The molecule has 0 bridgehead atoms. The SMILES string of the molecule is O=C(Cn1nc2n(c1=O)CCCCC2)Nc1ccc(Br)cc1Br. The van der Waals surface area contributed by atoms with E-state index in [2.05, 4.69) is 42.3 Å². The van der Waals surface area contributed by atoms with Crippen molar-refractivity contribution in [1.29, 1.82) is 0 Å². The van der Waals surface area contributed by atoms with Crippen LogP contribution >= 0.6 is 31.9 Å². The Morgan fingerprint density at radius 3 is 2.87 bits per heavy atom. The first-order valence-corrected chi connectivity index (χ1v) is 9.04. The minimum atomic E-state index is -0.275. The Hall–Kier alpha value is -1.41. The van der Waals surface area contributed by atoms with Crippen molar-refractivity contribution in [1.82, 2.24) is 14.3 Å². The van der Waals surface area contributed by atoms with E-state index < -0.39 is 0 Å². The average Bonchev–Trinajstić information content (AvgIpc) is 2.68. The first-order valence-electron chi connectivity index (χ1n) is 7.46. The summed E-state index contributed by atoms with van der Waals surface area (Å²) in [5, 5.41) is 7.11. The minimum Gasteiger partial charge on any atom is -0.323 e. The van der Waals surface area contributed by atoms with Crippen LogP contribution in [0.15, 0.2) is 31.9 Å². The minimum absolute atomic E-state index is 0.0820. The Morgan fingerprint density at radius 1 is 1.26 bits per heavy atom. The fourth-order valence-corrected chi connectivity index (χ4v) is 3.79. The molecule has 8 heteroatoms. The van der Waals surface area contributed by atoms with Crippen LogP contribution in [0.2, 0.25) is 0 Å². The summed E-state index contributed by atoms with van der Waals surface area (Å²) in [5.74, 6) is 0.508. The van der Waals surface area contributed by atoms with Gasteiger partial charge in [-0.3, -0.25) is 9.36 Å². The van der Waals surface area contributed by atoms with Crippen LogP contribution in [0.3, 0.4) is 0 Å². The standard InChI is InChI=1S/C15H16Br2N4O2/c16-10-5-6-12(11(17)8-10)18-14(22)9-21-15(23)20-7-3-1-2-4-13(20)19-21/h5-6,8H,1-4,7,9H2,(H,18,22). The maximum Gasteiger partial charge on any atom is 0.346 e. The molecule has 0 spiro atoms. The third-order valence-electron chi connectivity index (χ3n) is 3.78. The van der Waals surface area contributed by atoms with Gasteiger partial charge in [-0.2, -0.15) is 5.10 Å². The topological polar surface area (TPSA) is 68.9 Å². The molecule has 0 saturated carbocycles. The number of hydrogen-bond donors (Lipinski definition) is 1. The number of carbonyl (C=O) groups excluding carboxylic acids is 1. The molecule has 0 radical (unpaired) electrons. The molecule has 1 aliphatic heterocycles. The van der Waals surface area contributed by atoms with Gasteiger partial charge >= 0.3 is 5.69 Å². The number of aromatic nitrogens is 3. The number of nitrogens with one attached hydrogen (secondary N) is 1. The monoisotopic (exact) mass is 442 g/mol. The summed E-state index contributed by atoms with van der Waals surface area (Å²) in [6, 6.07) is 5.48. The summed E-state index contributed by atoms with van der Waals surface area (Å²) in [7, 11) is 0. The van der Waals surface area contributed by atoms with Gasteiger partial charge in [-0.05, 0) is 47.0 Å². The zero-order valence-electron chi connectivity index (χ0n) is 12.4. The molecule has 1 amide bonds. The van der Waals surface area contributed by atoms with Gasteiger partial charge < -0.3 is 5.32 Å². The normalized spacial score (nSPS) is 14.2. The highest BCUT2D eigenvalue weighted by Gasteiger charge is 2.17. The number of fused-ring (bicyclic) bond motifs is 1. The number of aryl methyl sites for hydroxylation is 1. The second-order valence-electron chi connectivity index (χ2n) is 5.49. The molecule has 0 unspecified atom stereocenters. The van der Waals surface area contributed by atoms with Crippen LogP contribution in [0.1, 0.15) is 25.1 Å². The van der Waals surface area contributed by atoms with E-state index in [1.165, 1.54) is 4.68 Å². The number of benzene rings is 1. The van der Waals surface area contributed by atoms with E-state index in [9.17, 15) is 9.59 Å². The van der Waals surface area contributed by atoms with Crippen LogP contribution in [0.5, 0.6) is 0 Å². The van der Waals surface area contributed by atoms with E-state index in [-0.39, 0.29) is 18.1 Å². The molecule has 1 aliphatic rings. The van der Waals surface area contributed by atoms with Crippen molar-refractivity contribution < 1.29 is 4.79 Å². The first kappa shape index (κ1) is 16.4. The van der Waals surface area contributed by atoms with Crippen LogP contribution in [-0.4, -0.2) is 20.3 Å². The third-order valence-corrected chi connectivity index (χ3v) is 4.93. The van der Waals surface area contributed by atoms with Crippen LogP contribution in [0, 0.1) is 0 Å². The van der Waals surface area contributed by atoms with Gasteiger partial charge in [0.15, 0.2) is 0 Å². The Kier molecular flexibility index (Phi) is 5.01. The van der Waals surface area contributed by atoms with E-state index in [4.69, 9.17) is 0 Å². The van der Waals surface area contributed by atoms with Crippen molar-refractivity contribution in [3.63, 3.8) is 0 Å². The number of nitrogens with zero attached hydrogens (tertiary/aromatic N) is 3. The highest BCUT2D eigenvalue weighted by atomic mass is 79.9. The lowest BCUT2D eigenvalue weighted by molar-refractivity contribution is -0.117. The quantitative estimate of drug-likeness (QED) is 0.792. The molecular formula is C15H16Br2N4O2. The number of hydrogen-bond acceptors (Lipinski definition) is 3. The van der Waals surface area contributed by atoms with Gasteiger partial charge in [0, 0.05) is 21.9 Å². The zero-order valence-corrected chi connectivity index (χ0v) is 15.6. The molecule has 0 aliphatic carbocycles. The second kappa shape index (κ2) is 7.00. The molecule has 1 aromatic carbocycles. The highest BCUT2D eigenvalue weighted by Crippen LogP contribution is 2.26. The Morgan fingerprint density at radius 2 is 2.09 bits per heavy atom. The molecule has 3 rings (SSSR count). The maximum atomic E-state index is 12.3. The highest BCUT2D eigenvalue weighted by molar-refractivity contribution is 9.11. The van der Waals surface area contributed by atoms with E-state index in [0.29, 0.717) is 12.2 Å². The summed E-state index contributed by atoms with van der Waals surface area (Å²) in [6.07, 6.45) is 3.92. The second-order valence-corrected chi connectivity index (χ2v) is 7.26. The van der Waals surface area contributed by atoms with Gasteiger partial charge in [-0.25, -0.2) is 9.48 Å². The van der Waals surface area contributed by atoms with Gasteiger partial charge in [0.1, 0.15) is 12.4 Å². The molecule has 6 nitrogen and oxygen atoms in total. The Bertz CT molecular complexity index is 797. The summed E-state index contributed by atoms with van der Waals surface area (Å²) in [4.78, 5) is 24.5. The van der Waals surface area contributed by atoms with Crippen molar-refractivity contribution in [2.75, 3.05) is 5.32 Å². The van der Waals surface area contributed by atoms with Crippen molar-refractivity contribution in [3.8, 4) is 0 Å². The van der Waals surface area contributed by atoms with Crippen LogP contribution < -0.4 is 11.0 Å².